The monoisotopic (exact) mass is 502 g/mol. The molecule has 0 unspecified atom stereocenters. The van der Waals surface area contributed by atoms with Crippen LogP contribution in [0.2, 0.25) is 0 Å². The Morgan fingerprint density at radius 2 is 1.78 bits per heavy atom. The van der Waals surface area contributed by atoms with Gasteiger partial charge in [-0.05, 0) is 84.8 Å². The first-order valence-corrected chi connectivity index (χ1v) is 12.6. The van der Waals surface area contributed by atoms with Gasteiger partial charge < -0.3 is 9.72 Å². The largest absolute Gasteiger partial charge is 0.465 e. The van der Waals surface area contributed by atoms with Crippen LogP contribution in [0, 0.1) is 20.8 Å². The van der Waals surface area contributed by atoms with Gasteiger partial charge in [0, 0.05) is 24.2 Å². The van der Waals surface area contributed by atoms with Crippen molar-refractivity contribution in [3.63, 3.8) is 0 Å². The molecule has 0 radical (unpaired) electrons. The molecule has 0 saturated carbocycles. The second-order valence-corrected chi connectivity index (χ2v) is 9.46. The minimum atomic E-state index is -0.396. The van der Waals surface area contributed by atoms with Crippen molar-refractivity contribution in [3.05, 3.63) is 86.5 Å². The summed E-state index contributed by atoms with van der Waals surface area (Å²) in [4.78, 5) is 30.6. The Bertz CT molecular complexity index is 1440. The number of aromatic amines is 1. The van der Waals surface area contributed by atoms with E-state index in [0.29, 0.717) is 30.9 Å². The van der Waals surface area contributed by atoms with E-state index >= 15 is 0 Å². The van der Waals surface area contributed by atoms with E-state index in [9.17, 15) is 9.59 Å². The van der Waals surface area contributed by atoms with E-state index in [2.05, 4.69) is 69.6 Å². The molecule has 0 amide bonds. The third kappa shape index (κ3) is 6.11. The van der Waals surface area contributed by atoms with E-state index < -0.39 is 5.97 Å². The summed E-state index contributed by atoms with van der Waals surface area (Å²) >= 11 is 0. The van der Waals surface area contributed by atoms with Crippen LogP contribution < -0.4 is 5.56 Å². The Balaban J connectivity index is 1.73. The molecule has 2 aromatic carbocycles. The summed E-state index contributed by atoms with van der Waals surface area (Å²) in [6, 6.07) is 14.2. The number of hydrogen-bond acceptors (Lipinski definition) is 7. The molecule has 2 aromatic heterocycles. The number of carbonyl (C=O) groups excluding carboxylic acids is 1. The standard InChI is InChI=1S/C28H34N6O3/c1-6-25(27-30-31-32-34(27)17-26(35)37-7-2)33(15-21-10-8-18(3)9-11-21)16-23-14-22-12-19(4)20(5)13-24(22)29-28(23)36/h8-14,25H,6-7,15-17H2,1-5H3,(H,29,36)/t25-/m0/s1. The first-order valence-electron chi connectivity index (χ1n) is 12.6. The lowest BCUT2D eigenvalue weighted by atomic mass is 10.0. The number of carbonyl (C=O) groups is 1. The maximum absolute atomic E-state index is 13.2. The van der Waals surface area contributed by atoms with Gasteiger partial charge in [0.1, 0.15) is 6.54 Å². The van der Waals surface area contributed by atoms with E-state index in [1.165, 1.54) is 15.8 Å². The third-order valence-electron chi connectivity index (χ3n) is 6.68. The fraction of sp³-hybridized carbons (Fsp3) is 0.393. The van der Waals surface area contributed by atoms with E-state index in [4.69, 9.17) is 4.74 Å². The molecule has 194 valence electrons. The van der Waals surface area contributed by atoms with Gasteiger partial charge in [-0.15, -0.1) is 5.10 Å². The Kier molecular flexibility index (Phi) is 8.13. The van der Waals surface area contributed by atoms with Crippen molar-refractivity contribution >= 4 is 16.9 Å². The van der Waals surface area contributed by atoms with Crippen molar-refractivity contribution in [2.24, 2.45) is 0 Å². The van der Waals surface area contributed by atoms with E-state index in [1.807, 2.05) is 26.0 Å². The van der Waals surface area contributed by atoms with Gasteiger partial charge in [0.05, 0.1) is 12.6 Å². The number of rotatable bonds is 10. The molecule has 0 aliphatic rings. The molecular weight excluding hydrogens is 468 g/mol. The van der Waals surface area contributed by atoms with Crippen molar-refractivity contribution in [2.45, 2.75) is 66.7 Å². The number of H-pyrrole nitrogens is 1. The summed E-state index contributed by atoms with van der Waals surface area (Å²) in [6.45, 7) is 11.2. The summed E-state index contributed by atoms with van der Waals surface area (Å²) < 4.78 is 6.60. The van der Waals surface area contributed by atoms with Crippen molar-refractivity contribution in [1.29, 1.82) is 0 Å². The van der Waals surface area contributed by atoms with Crippen LogP contribution in [0.4, 0.5) is 0 Å². The number of aryl methyl sites for hydroxylation is 3. The van der Waals surface area contributed by atoms with E-state index in [-0.39, 0.29) is 24.8 Å². The highest BCUT2D eigenvalue weighted by molar-refractivity contribution is 5.80. The van der Waals surface area contributed by atoms with Gasteiger partial charge in [-0.3, -0.25) is 14.5 Å². The second kappa shape index (κ2) is 11.5. The smallest absolute Gasteiger partial charge is 0.327 e. The molecule has 4 aromatic rings. The van der Waals surface area contributed by atoms with Crippen LogP contribution in [0.1, 0.15) is 60.0 Å². The zero-order valence-electron chi connectivity index (χ0n) is 22.1. The molecular formula is C28H34N6O3. The van der Waals surface area contributed by atoms with E-state index in [1.54, 1.807) is 6.92 Å². The average molecular weight is 503 g/mol. The van der Waals surface area contributed by atoms with Crippen molar-refractivity contribution in [1.82, 2.24) is 30.1 Å². The zero-order valence-corrected chi connectivity index (χ0v) is 22.1. The first kappa shape index (κ1) is 26.2. The van der Waals surface area contributed by atoms with Gasteiger partial charge in [0.15, 0.2) is 5.82 Å². The van der Waals surface area contributed by atoms with Crippen LogP contribution in [0.15, 0.2) is 47.3 Å². The van der Waals surface area contributed by atoms with Crippen LogP contribution in [-0.4, -0.2) is 42.7 Å². The molecule has 1 atom stereocenters. The van der Waals surface area contributed by atoms with Crippen LogP contribution >= 0.6 is 0 Å². The highest BCUT2D eigenvalue weighted by atomic mass is 16.5. The fourth-order valence-electron chi connectivity index (χ4n) is 4.56. The number of esters is 1. The van der Waals surface area contributed by atoms with Gasteiger partial charge in [-0.2, -0.15) is 0 Å². The fourth-order valence-corrected chi connectivity index (χ4v) is 4.56. The molecule has 0 aliphatic carbocycles. The van der Waals surface area contributed by atoms with E-state index in [0.717, 1.165) is 22.0 Å². The Hall–Kier alpha value is -3.85. The number of nitrogens with zero attached hydrogens (tertiary/aromatic N) is 5. The molecule has 9 nitrogen and oxygen atoms in total. The van der Waals surface area contributed by atoms with Crippen molar-refractivity contribution in [3.8, 4) is 0 Å². The summed E-state index contributed by atoms with van der Waals surface area (Å²) in [6.07, 6.45) is 0.679. The van der Waals surface area contributed by atoms with Crippen LogP contribution in [0.3, 0.4) is 0 Å². The highest BCUT2D eigenvalue weighted by Crippen LogP contribution is 2.27. The lowest BCUT2D eigenvalue weighted by Crippen LogP contribution is -2.33. The predicted octanol–water partition coefficient (Wildman–Crippen LogP) is 4.16. The SMILES string of the molecule is CCOC(=O)Cn1nnnc1[C@H](CC)N(Cc1ccc(C)cc1)Cc1cc2cc(C)c(C)cc2[nH]c1=O. The molecule has 4 rings (SSSR count). The van der Waals surface area contributed by atoms with Crippen molar-refractivity contribution < 1.29 is 9.53 Å². The molecule has 2 heterocycles. The van der Waals surface area contributed by atoms with Crippen molar-refractivity contribution in [2.75, 3.05) is 6.61 Å². The highest BCUT2D eigenvalue weighted by Gasteiger charge is 2.27. The molecule has 0 spiro atoms. The quantitative estimate of drug-likeness (QED) is 0.325. The third-order valence-corrected chi connectivity index (χ3v) is 6.68. The van der Waals surface area contributed by atoms with Gasteiger partial charge in [0.25, 0.3) is 5.56 Å². The number of tetrazole rings is 1. The lowest BCUT2D eigenvalue weighted by Gasteiger charge is -2.30. The minimum absolute atomic E-state index is 0.0692. The molecule has 37 heavy (non-hydrogen) atoms. The Labute approximate surface area is 216 Å². The topological polar surface area (TPSA) is 106 Å². The summed E-state index contributed by atoms with van der Waals surface area (Å²) in [7, 11) is 0. The predicted molar refractivity (Wildman–Crippen MR) is 142 cm³/mol. The van der Waals surface area contributed by atoms with Crippen LogP contribution in [0.25, 0.3) is 10.9 Å². The number of nitrogens with one attached hydrogen (secondary N) is 1. The van der Waals surface area contributed by atoms with Gasteiger partial charge in [0.2, 0.25) is 0 Å². The molecule has 0 aliphatic heterocycles. The number of aromatic nitrogens is 5. The lowest BCUT2D eigenvalue weighted by molar-refractivity contribution is -0.144. The molecule has 0 bridgehead atoms. The number of fused-ring (bicyclic) bond motifs is 1. The number of pyridine rings is 1. The number of ether oxygens (including phenoxy) is 1. The number of hydrogen-bond donors (Lipinski definition) is 1. The normalized spacial score (nSPS) is 12.3. The summed E-state index contributed by atoms with van der Waals surface area (Å²) in [5.74, 6) is 0.166. The van der Waals surface area contributed by atoms with Crippen LogP contribution in [-0.2, 0) is 29.2 Å². The minimum Gasteiger partial charge on any atom is -0.465 e. The van der Waals surface area contributed by atoms with Crippen LogP contribution in [0.5, 0.6) is 0 Å². The zero-order chi connectivity index (χ0) is 26.5. The van der Waals surface area contributed by atoms with Gasteiger partial charge in [-0.25, -0.2) is 4.68 Å². The second-order valence-electron chi connectivity index (χ2n) is 9.46. The first-order chi connectivity index (χ1) is 17.8. The summed E-state index contributed by atoms with van der Waals surface area (Å²) in [5.41, 5.74) is 5.96. The van der Waals surface area contributed by atoms with Gasteiger partial charge >= 0.3 is 5.97 Å². The molecule has 9 heteroatoms. The van der Waals surface area contributed by atoms with Gasteiger partial charge in [-0.1, -0.05) is 36.8 Å². The molecule has 1 N–H and O–H groups in total. The Morgan fingerprint density at radius 3 is 2.49 bits per heavy atom. The maximum Gasteiger partial charge on any atom is 0.327 e. The molecule has 0 fully saturated rings. The summed E-state index contributed by atoms with van der Waals surface area (Å²) in [5, 5.41) is 13.2. The Morgan fingerprint density at radius 1 is 1.05 bits per heavy atom. The number of benzene rings is 2. The average Bonchev–Trinajstić information content (AvgIpc) is 3.30. The molecule has 0 saturated heterocycles. The maximum atomic E-state index is 13.2.